The van der Waals surface area contributed by atoms with E-state index in [2.05, 4.69) is 50.4 Å². The fourth-order valence-electron chi connectivity index (χ4n) is 2.58. The van der Waals surface area contributed by atoms with Gasteiger partial charge in [0.2, 0.25) is 0 Å². The average molecular weight is 261 g/mol. The lowest BCUT2D eigenvalue weighted by Gasteiger charge is -2.18. The summed E-state index contributed by atoms with van der Waals surface area (Å²) in [4.78, 5) is 0. The predicted molar refractivity (Wildman–Crippen MR) is 85.8 cm³/mol. The third-order valence-electron chi connectivity index (χ3n) is 3.74. The quantitative estimate of drug-likeness (QED) is 0.581. The number of aryl methyl sites for hydroxylation is 1. The summed E-state index contributed by atoms with van der Waals surface area (Å²) in [5, 5.41) is 3.59. The Hall–Kier alpha value is -0.820. The lowest BCUT2D eigenvalue weighted by molar-refractivity contribution is 0.513. The summed E-state index contributed by atoms with van der Waals surface area (Å²) in [5.41, 5.74) is 2.90. The van der Waals surface area contributed by atoms with E-state index < -0.39 is 0 Å². The molecule has 0 aliphatic rings. The summed E-state index contributed by atoms with van der Waals surface area (Å²) in [7, 11) is 0. The molecule has 1 nitrogen and oxygen atoms in total. The zero-order chi connectivity index (χ0) is 13.9. The maximum absolute atomic E-state index is 3.59. The van der Waals surface area contributed by atoms with Crippen molar-refractivity contribution in [1.82, 2.24) is 5.32 Å². The van der Waals surface area contributed by atoms with Crippen molar-refractivity contribution in [1.29, 1.82) is 0 Å². The van der Waals surface area contributed by atoms with Crippen LogP contribution in [-0.4, -0.2) is 13.1 Å². The van der Waals surface area contributed by atoms with Crippen molar-refractivity contribution < 1.29 is 0 Å². The van der Waals surface area contributed by atoms with E-state index in [9.17, 15) is 0 Å². The molecule has 1 aromatic rings. The number of rotatable bonds is 10. The third-order valence-corrected chi connectivity index (χ3v) is 3.74. The monoisotopic (exact) mass is 261 g/mol. The van der Waals surface area contributed by atoms with E-state index >= 15 is 0 Å². The van der Waals surface area contributed by atoms with Crippen LogP contribution in [0.15, 0.2) is 24.3 Å². The fourth-order valence-corrected chi connectivity index (χ4v) is 2.58. The smallest absolute Gasteiger partial charge is 0.00201 e. The maximum atomic E-state index is 3.59. The SMILES string of the molecule is CCCCCCC(CNCCC)c1cccc(C)c1. The standard InChI is InChI=1S/C18H31N/c1-4-6-7-8-11-18(15-19-13-5-2)17-12-9-10-16(3)14-17/h9-10,12,14,18-19H,4-8,11,13,15H2,1-3H3. The Morgan fingerprint density at radius 1 is 1.05 bits per heavy atom. The van der Waals surface area contributed by atoms with Crippen molar-refractivity contribution in [2.45, 2.75) is 65.2 Å². The molecule has 19 heavy (non-hydrogen) atoms. The molecule has 0 aliphatic heterocycles. The van der Waals surface area contributed by atoms with Crippen LogP contribution in [0.25, 0.3) is 0 Å². The fraction of sp³-hybridized carbons (Fsp3) is 0.667. The van der Waals surface area contributed by atoms with E-state index in [1.54, 1.807) is 0 Å². The van der Waals surface area contributed by atoms with Gasteiger partial charge in [0.15, 0.2) is 0 Å². The van der Waals surface area contributed by atoms with Crippen LogP contribution in [0.5, 0.6) is 0 Å². The zero-order valence-electron chi connectivity index (χ0n) is 13.0. The molecule has 0 aliphatic carbocycles. The van der Waals surface area contributed by atoms with Crippen LogP contribution >= 0.6 is 0 Å². The predicted octanol–water partition coefficient (Wildman–Crippen LogP) is 5.05. The second-order valence-electron chi connectivity index (χ2n) is 5.66. The third kappa shape index (κ3) is 6.77. The summed E-state index contributed by atoms with van der Waals surface area (Å²) in [6, 6.07) is 9.05. The van der Waals surface area contributed by atoms with E-state index in [0.29, 0.717) is 5.92 Å². The van der Waals surface area contributed by atoms with Gasteiger partial charge in [-0.15, -0.1) is 0 Å². The second kappa shape index (κ2) is 10.0. The first-order valence-corrected chi connectivity index (χ1v) is 8.05. The van der Waals surface area contributed by atoms with Gasteiger partial charge in [-0.3, -0.25) is 0 Å². The molecule has 0 spiro atoms. The zero-order valence-corrected chi connectivity index (χ0v) is 13.0. The minimum absolute atomic E-state index is 0.684. The maximum Gasteiger partial charge on any atom is 0.00201 e. The van der Waals surface area contributed by atoms with Gasteiger partial charge in [0, 0.05) is 6.54 Å². The van der Waals surface area contributed by atoms with E-state index in [1.807, 2.05) is 0 Å². The highest BCUT2D eigenvalue weighted by Crippen LogP contribution is 2.23. The minimum Gasteiger partial charge on any atom is -0.316 e. The number of hydrogen-bond donors (Lipinski definition) is 1. The first-order valence-electron chi connectivity index (χ1n) is 8.05. The van der Waals surface area contributed by atoms with Crippen LogP contribution in [0.1, 0.15) is 69.4 Å². The highest BCUT2D eigenvalue weighted by atomic mass is 14.8. The van der Waals surface area contributed by atoms with Gasteiger partial charge in [-0.05, 0) is 37.8 Å². The van der Waals surface area contributed by atoms with Crippen LogP contribution in [-0.2, 0) is 0 Å². The number of unbranched alkanes of at least 4 members (excludes halogenated alkanes) is 3. The highest BCUT2D eigenvalue weighted by Gasteiger charge is 2.10. The Morgan fingerprint density at radius 3 is 2.58 bits per heavy atom. The van der Waals surface area contributed by atoms with Gasteiger partial charge < -0.3 is 5.32 Å². The van der Waals surface area contributed by atoms with Gasteiger partial charge in [-0.25, -0.2) is 0 Å². The molecule has 1 heteroatoms. The van der Waals surface area contributed by atoms with Crippen molar-refractivity contribution in [2.75, 3.05) is 13.1 Å². The molecular formula is C18H31N. The van der Waals surface area contributed by atoms with Crippen molar-refractivity contribution >= 4 is 0 Å². The van der Waals surface area contributed by atoms with Crippen LogP contribution in [0, 0.1) is 6.92 Å². The molecule has 0 heterocycles. The number of nitrogens with one attached hydrogen (secondary N) is 1. The highest BCUT2D eigenvalue weighted by molar-refractivity contribution is 5.25. The molecule has 0 aromatic heterocycles. The molecule has 0 bridgehead atoms. The molecule has 1 N–H and O–H groups in total. The van der Waals surface area contributed by atoms with E-state index in [4.69, 9.17) is 0 Å². The van der Waals surface area contributed by atoms with Crippen molar-refractivity contribution in [3.63, 3.8) is 0 Å². The molecule has 0 radical (unpaired) electrons. The van der Waals surface area contributed by atoms with Crippen LogP contribution in [0.4, 0.5) is 0 Å². The summed E-state index contributed by atoms with van der Waals surface area (Å²) in [5.74, 6) is 0.684. The molecule has 0 fully saturated rings. The van der Waals surface area contributed by atoms with E-state index in [-0.39, 0.29) is 0 Å². The summed E-state index contributed by atoms with van der Waals surface area (Å²) >= 11 is 0. The minimum atomic E-state index is 0.684. The van der Waals surface area contributed by atoms with Gasteiger partial charge in [0.25, 0.3) is 0 Å². The molecule has 0 saturated carbocycles. The normalized spacial score (nSPS) is 12.6. The van der Waals surface area contributed by atoms with Gasteiger partial charge in [0.1, 0.15) is 0 Å². The molecule has 1 rings (SSSR count). The van der Waals surface area contributed by atoms with Gasteiger partial charge in [-0.2, -0.15) is 0 Å². The molecule has 0 saturated heterocycles. The van der Waals surface area contributed by atoms with Gasteiger partial charge >= 0.3 is 0 Å². The average Bonchev–Trinajstić information content (AvgIpc) is 2.41. The molecule has 0 amide bonds. The van der Waals surface area contributed by atoms with Crippen molar-refractivity contribution in [3.8, 4) is 0 Å². The van der Waals surface area contributed by atoms with Gasteiger partial charge in [-0.1, -0.05) is 69.4 Å². The Labute approximate surface area is 119 Å². The van der Waals surface area contributed by atoms with Crippen LogP contribution < -0.4 is 5.32 Å². The molecular weight excluding hydrogens is 230 g/mol. The van der Waals surface area contributed by atoms with Gasteiger partial charge in [0.05, 0.1) is 0 Å². The Bertz CT molecular complexity index is 332. The molecule has 1 atom stereocenters. The molecule has 1 unspecified atom stereocenters. The van der Waals surface area contributed by atoms with E-state index in [0.717, 1.165) is 13.1 Å². The van der Waals surface area contributed by atoms with Crippen molar-refractivity contribution in [2.24, 2.45) is 0 Å². The first kappa shape index (κ1) is 16.2. The van der Waals surface area contributed by atoms with Crippen molar-refractivity contribution in [3.05, 3.63) is 35.4 Å². The molecule has 108 valence electrons. The summed E-state index contributed by atoms with van der Waals surface area (Å²) < 4.78 is 0. The largest absolute Gasteiger partial charge is 0.316 e. The number of benzene rings is 1. The van der Waals surface area contributed by atoms with E-state index in [1.165, 1.54) is 49.7 Å². The van der Waals surface area contributed by atoms with Crippen LogP contribution in [0.2, 0.25) is 0 Å². The summed E-state index contributed by atoms with van der Waals surface area (Å²) in [6.07, 6.45) is 7.98. The topological polar surface area (TPSA) is 12.0 Å². The number of hydrogen-bond acceptors (Lipinski definition) is 1. The Balaban J connectivity index is 2.52. The van der Waals surface area contributed by atoms with Crippen LogP contribution in [0.3, 0.4) is 0 Å². The Kier molecular flexibility index (Phi) is 8.57. The summed E-state index contributed by atoms with van der Waals surface area (Å²) in [6.45, 7) is 8.97. The lowest BCUT2D eigenvalue weighted by atomic mass is 9.92. The lowest BCUT2D eigenvalue weighted by Crippen LogP contribution is -2.22. The molecule has 1 aromatic carbocycles. The first-order chi connectivity index (χ1) is 9.27. The Morgan fingerprint density at radius 2 is 1.89 bits per heavy atom. The second-order valence-corrected chi connectivity index (χ2v) is 5.66.